The van der Waals surface area contributed by atoms with Crippen molar-refractivity contribution in [3.63, 3.8) is 0 Å². The first-order chi connectivity index (χ1) is 8.19. The van der Waals surface area contributed by atoms with Crippen LogP contribution in [0.4, 0.5) is 0 Å². The van der Waals surface area contributed by atoms with E-state index in [1.807, 2.05) is 18.2 Å². The molecule has 0 saturated heterocycles. The molecule has 2 N–H and O–H groups in total. The summed E-state index contributed by atoms with van der Waals surface area (Å²) in [6.07, 6.45) is 0. The minimum atomic E-state index is 0.272. The van der Waals surface area contributed by atoms with Gasteiger partial charge in [0.1, 0.15) is 0 Å². The molecule has 0 radical (unpaired) electrons. The zero-order valence-corrected chi connectivity index (χ0v) is 12.9. The van der Waals surface area contributed by atoms with Crippen LogP contribution in [-0.2, 0) is 0 Å². The Morgan fingerprint density at radius 3 is 2.47 bits per heavy atom. The van der Waals surface area contributed by atoms with Crippen LogP contribution in [0.25, 0.3) is 0 Å². The van der Waals surface area contributed by atoms with Crippen LogP contribution in [0, 0.1) is 0 Å². The van der Waals surface area contributed by atoms with E-state index in [-0.39, 0.29) is 5.25 Å². The predicted molar refractivity (Wildman–Crippen MR) is 81.1 cm³/mol. The fourth-order valence-corrected chi connectivity index (χ4v) is 3.92. The molecule has 0 aliphatic rings. The maximum Gasteiger partial charge on any atom is 0.0931 e. The van der Waals surface area contributed by atoms with Crippen molar-refractivity contribution in [1.29, 1.82) is 0 Å². The fourth-order valence-electron chi connectivity index (χ4n) is 1.40. The summed E-state index contributed by atoms with van der Waals surface area (Å²) in [5.41, 5.74) is 5.83. The molecule has 0 saturated carbocycles. The van der Waals surface area contributed by atoms with E-state index in [9.17, 15) is 0 Å². The predicted octanol–water partition coefficient (Wildman–Crippen LogP) is 4.96. The van der Waals surface area contributed by atoms with Crippen LogP contribution in [-0.4, -0.2) is 6.54 Å². The lowest BCUT2D eigenvalue weighted by Crippen LogP contribution is -2.07. The second-order valence-electron chi connectivity index (χ2n) is 3.44. The smallest absolute Gasteiger partial charge is 0.0931 e. The van der Waals surface area contributed by atoms with Gasteiger partial charge in [-0.3, -0.25) is 0 Å². The third-order valence-corrected chi connectivity index (χ3v) is 5.52. The number of hydrogen-bond acceptors (Lipinski definition) is 3. The minimum Gasteiger partial charge on any atom is -0.329 e. The summed E-state index contributed by atoms with van der Waals surface area (Å²) in [4.78, 5) is 2.44. The first kappa shape index (κ1) is 13.4. The first-order valence-electron chi connectivity index (χ1n) is 5.06. The summed E-state index contributed by atoms with van der Waals surface area (Å²) in [7, 11) is 0. The van der Waals surface area contributed by atoms with Crippen molar-refractivity contribution in [2.75, 3.05) is 6.54 Å². The molecule has 0 aliphatic carbocycles. The van der Waals surface area contributed by atoms with Gasteiger partial charge in [-0.25, -0.2) is 0 Å². The van der Waals surface area contributed by atoms with E-state index in [0.717, 1.165) is 8.81 Å². The molecular weight excluding hydrogens is 338 g/mol. The van der Waals surface area contributed by atoms with Crippen molar-refractivity contribution in [2.24, 2.45) is 5.73 Å². The molecule has 1 nitrogen and oxygen atoms in total. The second-order valence-corrected chi connectivity index (χ2v) is 7.38. The molecule has 0 amide bonds. The van der Waals surface area contributed by atoms with E-state index >= 15 is 0 Å². The number of rotatable bonds is 4. The molecule has 0 spiro atoms. The Balaban J connectivity index is 2.12. The molecule has 5 heteroatoms. The Labute approximate surface area is 122 Å². The monoisotopic (exact) mass is 347 g/mol. The van der Waals surface area contributed by atoms with Gasteiger partial charge in [0.05, 0.1) is 9.59 Å². The summed E-state index contributed by atoms with van der Waals surface area (Å²) in [6, 6.07) is 12.2. The Morgan fingerprint density at radius 1 is 1.24 bits per heavy atom. The number of thiophene rings is 1. The van der Waals surface area contributed by atoms with Crippen molar-refractivity contribution >= 4 is 50.6 Å². The summed E-state index contributed by atoms with van der Waals surface area (Å²) in [6.45, 7) is 0.609. The molecule has 1 aromatic heterocycles. The summed E-state index contributed by atoms with van der Waals surface area (Å²) < 4.78 is 1.90. The largest absolute Gasteiger partial charge is 0.329 e. The van der Waals surface area contributed by atoms with Gasteiger partial charge in [0.15, 0.2) is 0 Å². The lowest BCUT2D eigenvalue weighted by molar-refractivity contribution is 0.960. The van der Waals surface area contributed by atoms with Gasteiger partial charge in [-0.2, -0.15) is 0 Å². The van der Waals surface area contributed by atoms with E-state index in [0.29, 0.717) is 6.54 Å². The topological polar surface area (TPSA) is 26.0 Å². The van der Waals surface area contributed by atoms with Gasteiger partial charge in [-0.05, 0) is 36.4 Å². The van der Waals surface area contributed by atoms with Gasteiger partial charge in [0.2, 0.25) is 0 Å². The fraction of sp³-hybridized carbons (Fsp3) is 0.167. The van der Waals surface area contributed by atoms with E-state index in [1.54, 1.807) is 23.1 Å². The Hall–Kier alpha value is -0.0000000000000000278. The average molecular weight is 349 g/mol. The quantitative estimate of drug-likeness (QED) is 0.791. The molecule has 0 aliphatic heterocycles. The lowest BCUT2D eigenvalue weighted by Gasteiger charge is -2.12. The van der Waals surface area contributed by atoms with Crippen LogP contribution in [0.5, 0.6) is 0 Å². The van der Waals surface area contributed by atoms with Gasteiger partial charge in [-0.1, -0.05) is 27.5 Å². The summed E-state index contributed by atoms with van der Waals surface area (Å²) >= 11 is 12.7. The summed E-state index contributed by atoms with van der Waals surface area (Å²) in [5, 5.41) is 0.272. The van der Waals surface area contributed by atoms with Crippen molar-refractivity contribution in [3.8, 4) is 0 Å². The maximum absolute atomic E-state index is 5.95. The van der Waals surface area contributed by atoms with Crippen LogP contribution in [0.1, 0.15) is 10.1 Å². The van der Waals surface area contributed by atoms with Crippen LogP contribution < -0.4 is 5.73 Å². The number of thioether (sulfide) groups is 1. The standard InChI is InChI=1S/C12H11BrClNS2/c13-8-1-3-9(4-2-8)16-11(7-15)10-5-6-12(14)17-10/h1-6,11H,7,15H2. The SMILES string of the molecule is NCC(Sc1ccc(Br)cc1)c1ccc(Cl)s1. The van der Waals surface area contributed by atoms with Crippen molar-refractivity contribution in [1.82, 2.24) is 0 Å². The number of halogens is 2. The van der Waals surface area contributed by atoms with E-state index in [1.165, 1.54) is 9.77 Å². The molecule has 1 unspecified atom stereocenters. The molecule has 90 valence electrons. The maximum atomic E-state index is 5.95. The van der Waals surface area contributed by atoms with Crippen LogP contribution in [0.15, 0.2) is 45.8 Å². The Morgan fingerprint density at radius 2 is 1.94 bits per heavy atom. The van der Waals surface area contributed by atoms with Gasteiger partial charge < -0.3 is 5.73 Å². The molecule has 2 rings (SSSR count). The Kier molecular flexibility index (Phi) is 4.94. The van der Waals surface area contributed by atoms with E-state index in [4.69, 9.17) is 17.3 Å². The van der Waals surface area contributed by atoms with Gasteiger partial charge in [0, 0.05) is 20.8 Å². The highest BCUT2D eigenvalue weighted by atomic mass is 79.9. The van der Waals surface area contributed by atoms with Crippen molar-refractivity contribution in [3.05, 3.63) is 50.1 Å². The number of benzene rings is 1. The third kappa shape index (κ3) is 3.73. The first-order valence-corrected chi connectivity index (χ1v) is 7.93. The Bertz CT molecular complexity index is 484. The molecule has 1 aromatic carbocycles. The highest BCUT2D eigenvalue weighted by Gasteiger charge is 2.13. The highest BCUT2D eigenvalue weighted by molar-refractivity contribution is 9.10. The van der Waals surface area contributed by atoms with E-state index < -0.39 is 0 Å². The van der Waals surface area contributed by atoms with Crippen LogP contribution in [0.3, 0.4) is 0 Å². The zero-order valence-electron chi connectivity index (χ0n) is 8.90. The highest BCUT2D eigenvalue weighted by Crippen LogP contribution is 2.39. The van der Waals surface area contributed by atoms with Gasteiger partial charge in [0.25, 0.3) is 0 Å². The van der Waals surface area contributed by atoms with Crippen LogP contribution in [0.2, 0.25) is 4.34 Å². The molecule has 1 atom stereocenters. The average Bonchev–Trinajstić information content (AvgIpc) is 2.75. The normalized spacial score (nSPS) is 12.6. The number of nitrogens with two attached hydrogens (primary N) is 1. The minimum absolute atomic E-state index is 0.272. The lowest BCUT2D eigenvalue weighted by atomic mass is 10.3. The molecule has 0 bridgehead atoms. The van der Waals surface area contributed by atoms with Gasteiger partial charge in [-0.15, -0.1) is 23.1 Å². The third-order valence-electron chi connectivity index (χ3n) is 2.22. The van der Waals surface area contributed by atoms with Gasteiger partial charge >= 0.3 is 0 Å². The van der Waals surface area contributed by atoms with Crippen molar-refractivity contribution in [2.45, 2.75) is 10.1 Å². The molecular formula is C12H11BrClNS2. The molecule has 2 aromatic rings. The van der Waals surface area contributed by atoms with E-state index in [2.05, 4.69) is 34.1 Å². The molecule has 0 fully saturated rings. The van der Waals surface area contributed by atoms with Crippen molar-refractivity contribution < 1.29 is 0 Å². The zero-order chi connectivity index (χ0) is 12.3. The number of hydrogen-bond donors (Lipinski definition) is 1. The second kappa shape index (κ2) is 6.25. The summed E-state index contributed by atoms with van der Waals surface area (Å²) in [5.74, 6) is 0. The van der Waals surface area contributed by atoms with Crippen LogP contribution >= 0.6 is 50.6 Å². The molecule has 17 heavy (non-hydrogen) atoms. The molecule has 1 heterocycles.